The van der Waals surface area contributed by atoms with Gasteiger partial charge in [-0.15, -0.1) is 0 Å². The van der Waals surface area contributed by atoms with Crippen LogP contribution in [0.2, 0.25) is 0 Å². The molecule has 3 rings (SSSR count). The largest absolute Gasteiger partial charge is 0.443 e. The molecule has 1 aliphatic carbocycles. The van der Waals surface area contributed by atoms with Gasteiger partial charge in [0.05, 0.1) is 18.2 Å². The van der Waals surface area contributed by atoms with Gasteiger partial charge in [-0.05, 0) is 70.1 Å². The molecule has 1 aromatic rings. The van der Waals surface area contributed by atoms with Crippen molar-refractivity contribution < 1.29 is 19.0 Å². The molecule has 1 saturated carbocycles. The van der Waals surface area contributed by atoms with Crippen LogP contribution in [-0.4, -0.2) is 42.2 Å². The molecule has 8 heteroatoms. The van der Waals surface area contributed by atoms with Gasteiger partial charge in [0.1, 0.15) is 14.3 Å². The number of hydrogen-bond acceptors (Lipinski definition) is 6. The average molecular weight is 534 g/mol. The van der Waals surface area contributed by atoms with Crippen LogP contribution in [0.25, 0.3) is 0 Å². The maximum absolute atomic E-state index is 12.9. The Bertz CT molecular complexity index is 751. The van der Waals surface area contributed by atoms with E-state index in [2.05, 4.69) is 22.6 Å². The minimum Gasteiger partial charge on any atom is -0.443 e. The summed E-state index contributed by atoms with van der Waals surface area (Å²) in [5, 5.41) is 1.95. The van der Waals surface area contributed by atoms with Gasteiger partial charge in [-0.25, -0.2) is 9.78 Å². The molecule has 2 heterocycles. The van der Waals surface area contributed by atoms with Crippen LogP contribution >= 0.6 is 33.9 Å². The van der Waals surface area contributed by atoms with Gasteiger partial charge in [0.15, 0.2) is 5.79 Å². The third kappa shape index (κ3) is 5.92. The Morgan fingerprint density at radius 1 is 1.31 bits per heavy atom. The SMILES string of the molecule is CC(C)=CCN(C(=O)OC(C)(C)C)c1sc(C2CCC3(CC2)OCCO3)nc1I. The molecule has 2 aliphatic rings. The van der Waals surface area contributed by atoms with Crippen LogP contribution in [0.5, 0.6) is 0 Å². The van der Waals surface area contributed by atoms with Crippen molar-refractivity contribution >= 4 is 45.0 Å². The topological polar surface area (TPSA) is 60.9 Å². The Labute approximate surface area is 191 Å². The molecule has 1 spiro atoms. The average Bonchev–Trinajstić information content (AvgIpc) is 3.22. The number of anilines is 1. The molecule has 1 aliphatic heterocycles. The molecule has 0 unspecified atom stereocenters. The summed E-state index contributed by atoms with van der Waals surface area (Å²) in [6.45, 7) is 11.6. The molecule has 0 radical (unpaired) electrons. The highest BCUT2D eigenvalue weighted by atomic mass is 127. The molecule has 0 atom stereocenters. The molecule has 0 aromatic carbocycles. The summed E-state index contributed by atoms with van der Waals surface area (Å²) < 4.78 is 18.2. The number of thiazole rings is 1. The van der Waals surface area contributed by atoms with Crippen LogP contribution in [0.4, 0.5) is 9.80 Å². The van der Waals surface area contributed by atoms with Crippen LogP contribution < -0.4 is 4.90 Å². The predicted octanol–water partition coefficient (Wildman–Crippen LogP) is 5.86. The normalized spacial score (nSPS) is 19.4. The van der Waals surface area contributed by atoms with E-state index in [0.29, 0.717) is 25.7 Å². The van der Waals surface area contributed by atoms with E-state index < -0.39 is 5.60 Å². The second kappa shape index (κ2) is 9.20. The first-order chi connectivity index (χ1) is 13.6. The van der Waals surface area contributed by atoms with Gasteiger partial charge in [0.25, 0.3) is 0 Å². The summed E-state index contributed by atoms with van der Waals surface area (Å²) >= 11 is 3.84. The smallest absolute Gasteiger partial charge is 0.415 e. The molecule has 0 bridgehead atoms. The first kappa shape index (κ1) is 23.0. The molecule has 2 fully saturated rings. The molecular weight excluding hydrogens is 503 g/mol. The lowest BCUT2D eigenvalue weighted by atomic mass is 9.85. The molecular formula is C21H31IN2O4S. The van der Waals surface area contributed by atoms with E-state index in [9.17, 15) is 4.79 Å². The number of rotatable bonds is 4. The van der Waals surface area contributed by atoms with E-state index in [1.54, 1.807) is 16.2 Å². The predicted molar refractivity (Wildman–Crippen MR) is 124 cm³/mol. The van der Waals surface area contributed by atoms with Crippen LogP contribution in [0, 0.1) is 3.70 Å². The lowest BCUT2D eigenvalue weighted by Gasteiger charge is -2.34. The van der Waals surface area contributed by atoms with Crippen LogP contribution in [0.15, 0.2) is 11.6 Å². The van der Waals surface area contributed by atoms with Crippen molar-refractivity contribution in [1.29, 1.82) is 0 Å². The van der Waals surface area contributed by atoms with E-state index in [4.69, 9.17) is 19.2 Å². The third-order valence-electron chi connectivity index (χ3n) is 5.04. The molecule has 1 amide bonds. The van der Waals surface area contributed by atoms with E-state index in [0.717, 1.165) is 45.0 Å². The number of nitrogens with zero attached hydrogens (tertiary/aromatic N) is 2. The van der Waals surface area contributed by atoms with Gasteiger partial charge in [-0.1, -0.05) is 23.0 Å². The third-order valence-corrected chi connectivity index (χ3v) is 7.40. The number of carbonyl (C=O) groups is 1. The van der Waals surface area contributed by atoms with Crippen LogP contribution in [-0.2, 0) is 14.2 Å². The van der Waals surface area contributed by atoms with Crippen LogP contribution in [0.3, 0.4) is 0 Å². The van der Waals surface area contributed by atoms with Crippen molar-refractivity contribution in [3.05, 3.63) is 20.4 Å². The number of hydrogen-bond donors (Lipinski definition) is 0. The highest BCUT2D eigenvalue weighted by Gasteiger charge is 2.41. The van der Waals surface area contributed by atoms with Crippen molar-refractivity contribution in [3.63, 3.8) is 0 Å². The Morgan fingerprint density at radius 3 is 2.48 bits per heavy atom. The molecule has 162 valence electrons. The maximum atomic E-state index is 12.9. The summed E-state index contributed by atoms with van der Waals surface area (Å²) in [7, 11) is 0. The van der Waals surface area contributed by atoms with Gasteiger partial charge in [-0.3, -0.25) is 4.90 Å². The Hall–Kier alpha value is -0.710. The van der Waals surface area contributed by atoms with Gasteiger partial charge in [0.2, 0.25) is 0 Å². The fourth-order valence-corrected chi connectivity index (χ4v) is 5.74. The van der Waals surface area contributed by atoms with Crippen molar-refractivity contribution in [1.82, 2.24) is 4.98 Å². The number of halogens is 1. The Balaban J connectivity index is 1.77. The number of carbonyl (C=O) groups excluding carboxylic acids is 1. The molecule has 29 heavy (non-hydrogen) atoms. The summed E-state index contributed by atoms with van der Waals surface area (Å²) in [6.07, 6.45) is 5.48. The molecule has 6 nitrogen and oxygen atoms in total. The second-order valence-corrected chi connectivity index (χ2v) is 10.9. The maximum Gasteiger partial charge on any atom is 0.415 e. The number of ether oxygens (including phenoxy) is 3. The first-order valence-corrected chi connectivity index (χ1v) is 12.1. The van der Waals surface area contributed by atoms with Crippen molar-refractivity contribution in [3.8, 4) is 0 Å². The monoisotopic (exact) mass is 534 g/mol. The zero-order valence-electron chi connectivity index (χ0n) is 17.9. The van der Waals surface area contributed by atoms with Gasteiger partial charge in [0, 0.05) is 25.3 Å². The summed E-state index contributed by atoms with van der Waals surface area (Å²) in [4.78, 5) is 19.4. The summed E-state index contributed by atoms with van der Waals surface area (Å²) in [5.74, 6) is 0.0140. The highest BCUT2D eigenvalue weighted by Crippen LogP contribution is 2.45. The fraction of sp³-hybridized carbons (Fsp3) is 0.714. The molecule has 1 saturated heterocycles. The molecule has 0 N–H and O–H groups in total. The second-order valence-electron chi connectivity index (χ2n) is 8.90. The summed E-state index contributed by atoms with van der Waals surface area (Å²) in [5.41, 5.74) is 0.616. The van der Waals surface area contributed by atoms with E-state index >= 15 is 0 Å². The Kier molecular flexibility index (Phi) is 7.28. The first-order valence-electron chi connectivity index (χ1n) is 10.2. The van der Waals surface area contributed by atoms with Gasteiger partial charge in [-0.2, -0.15) is 0 Å². The summed E-state index contributed by atoms with van der Waals surface area (Å²) in [6, 6.07) is 0. The van der Waals surface area contributed by atoms with Crippen molar-refractivity contribution in [2.24, 2.45) is 0 Å². The quantitative estimate of drug-likeness (QED) is 0.358. The Morgan fingerprint density at radius 2 is 1.93 bits per heavy atom. The van der Waals surface area contributed by atoms with Gasteiger partial charge < -0.3 is 14.2 Å². The lowest BCUT2D eigenvalue weighted by molar-refractivity contribution is -0.178. The standard InChI is InChI=1S/C21H31IN2O4S/c1-14(2)8-11-24(19(25)28-20(3,4)5)18-16(22)23-17(29-18)15-6-9-21(10-7-15)26-12-13-27-21/h8,15H,6-7,9-13H2,1-5H3. The van der Waals surface area contributed by atoms with Gasteiger partial charge >= 0.3 is 6.09 Å². The van der Waals surface area contributed by atoms with Crippen LogP contribution in [0.1, 0.15) is 71.2 Å². The fourth-order valence-electron chi connectivity index (χ4n) is 3.57. The zero-order valence-corrected chi connectivity index (χ0v) is 20.9. The minimum absolute atomic E-state index is 0.335. The minimum atomic E-state index is -0.543. The lowest BCUT2D eigenvalue weighted by Crippen LogP contribution is -2.37. The highest BCUT2D eigenvalue weighted by molar-refractivity contribution is 14.1. The zero-order chi connectivity index (χ0) is 21.2. The van der Waals surface area contributed by atoms with E-state index in [1.807, 2.05) is 40.7 Å². The molecule has 1 aromatic heterocycles. The number of allylic oxidation sites excluding steroid dienone is 1. The van der Waals surface area contributed by atoms with Crippen molar-refractivity contribution in [2.75, 3.05) is 24.7 Å². The van der Waals surface area contributed by atoms with E-state index in [1.165, 1.54) is 0 Å². The number of aromatic nitrogens is 1. The van der Waals surface area contributed by atoms with Crippen molar-refractivity contribution in [2.45, 2.75) is 77.6 Å². The van der Waals surface area contributed by atoms with E-state index in [-0.39, 0.29) is 11.9 Å². The number of amides is 1.